The van der Waals surface area contributed by atoms with Crippen molar-refractivity contribution in [3.05, 3.63) is 29.8 Å². The summed E-state index contributed by atoms with van der Waals surface area (Å²) in [6.45, 7) is 1.24. The van der Waals surface area contributed by atoms with Crippen molar-refractivity contribution in [1.82, 2.24) is 4.90 Å². The number of thioether (sulfide) groups is 1. The zero-order valence-electron chi connectivity index (χ0n) is 8.86. The Labute approximate surface area is 90.5 Å². The summed E-state index contributed by atoms with van der Waals surface area (Å²) in [6.07, 6.45) is 4.81. The van der Waals surface area contributed by atoms with E-state index in [1.165, 1.54) is 29.8 Å². The third kappa shape index (κ3) is 1.82. The molecule has 1 heterocycles. The van der Waals surface area contributed by atoms with Gasteiger partial charge in [0.1, 0.15) is 0 Å². The van der Waals surface area contributed by atoms with Crippen LogP contribution in [0.5, 0.6) is 0 Å². The van der Waals surface area contributed by atoms with Gasteiger partial charge in [0.2, 0.25) is 0 Å². The van der Waals surface area contributed by atoms with Crippen LogP contribution in [-0.4, -0.2) is 24.7 Å². The smallest absolute Gasteiger partial charge is 0.0356 e. The molecular weight excluding hydrogens is 190 g/mol. The quantitative estimate of drug-likeness (QED) is 0.685. The molecule has 0 unspecified atom stereocenters. The number of benzene rings is 1. The van der Waals surface area contributed by atoms with E-state index in [1.54, 1.807) is 0 Å². The molecule has 0 spiro atoms. The predicted octanol–water partition coefficient (Wildman–Crippen LogP) is 3.18. The molecule has 0 bridgehead atoms. The first-order valence-electron chi connectivity index (χ1n) is 5.16. The minimum absolute atomic E-state index is 0.652. The minimum Gasteiger partial charge on any atom is -0.299 e. The molecule has 0 aliphatic carbocycles. The lowest BCUT2D eigenvalue weighted by Crippen LogP contribution is -2.17. The van der Waals surface area contributed by atoms with E-state index >= 15 is 0 Å². The molecule has 0 aromatic heterocycles. The Bertz CT molecular complexity index is 311. The van der Waals surface area contributed by atoms with Gasteiger partial charge in [0.15, 0.2) is 0 Å². The Kier molecular flexibility index (Phi) is 3.14. The SMILES string of the molecule is CSc1ccccc1[C@@H]1CCCN1C. The van der Waals surface area contributed by atoms with Gasteiger partial charge in [0, 0.05) is 10.9 Å². The van der Waals surface area contributed by atoms with E-state index in [4.69, 9.17) is 0 Å². The lowest BCUT2D eigenvalue weighted by molar-refractivity contribution is 0.314. The molecule has 1 saturated heterocycles. The maximum Gasteiger partial charge on any atom is 0.0356 e. The normalized spacial score (nSPS) is 22.9. The maximum atomic E-state index is 2.47. The minimum atomic E-state index is 0.652. The monoisotopic (exact) mass is 207 g/mol. The van der Waals surface area contributed by atoms with Gasteiger partial charge in [-0.15, -0.1) is 11.8 Å². The number of hydrogen-bond acceptors (Lipinski definition) is 2. The van der Waals surface area contributed by atoms with Crippen LogP contribution in [0.25, 0.3) is 0 Å². The van der Waals surface area contributed by atoms with E-state index in [-0.39, 0.29) is 0 Å². The van der Waals surface area contributed by atoms with Crippen molar-refractivity contribution in [1.29, 1.82) is 0 Å². The van der Waals surface area contributed by atoms with E-state index in [0.717, 1.165) is 0 Å². The average Bonchev–Trinajstić information content (AvgIpc) is 2.64. The summed E-state index contributed by atoms with van der Waals surface area (Å²) in [7, 11) is 2.23. The summed E-state index contributed by atoms with van der Waals surface area (Å²) in [4.78, 5) is 3.90. The van der Waals surface area contributed by atoms with E-state index in [2.05, 4.69) is 42.5 Å². The molecule has 76 valence electrons. The Morgan fingerprint density at radius 2 is 2.14 bits per heavy atom. The molecule has 0 amide bonds. The van der Waals surface area contributed by atoms with Gasteiger partial charge in [0.05, 0.1) is 0 Å². The maximum absolute atomic E-state index is 2.47. The highest BCUT2D eigenvalue weighted by Gasteiger charge is 2.23. The summed E-state index contributed by atoms with van der Waals surface area (Å²) >= 11 is 1.86. The second-order valence-corrected chi connectivity index (χ2v) is 4.73. The van der Waals surface area contributed by atoms with Crippen molar-refractivity contribution < 1.29 is 0 Å². The lowest BCUT2D eigenvalue weighted by atomic mass is 10.1. The Balaban J connectivity index is 2.30. The summed E-state index contributed by atoms with van der Waals surface area (Å²) in [5, 5.41) is 0. The molecule has 1 atom stereocenters. The average molecular weight is 207 g/mol. The first-order valence-corrected chi connectivity index (χ1v) is 6.38. The van der Waals surface area contributed by atoms with Crippen LogP contribution in [-0.2, 0) is 0 Å². The van der Waals surface area contributed by atoms with Crippen molar-refractivity contribution in [2.24, 2.45) is 0 Å². The highest BCUT2D eigenvalue weighted by molar-refractivity contribution is 7.98. The van der Waals surface area contributed by atoms with Crippen LogP contribution >= 0.6 is 11.8 Å². The van der Waals surface area contributed by atoms with Crippen LogP contribution in [0.2, 0.25) is 0 Å². The van der Waals surface area contributed by atoms with Crippen LogP contribution in [0.4, 0.5) is 0 Å². The molecule has 0 saturated carbocycles. The van der Waals surface area contributed by atoms with Crippen molar-refractivity contribution in [3.63, 3.8) is 0 Å². The second kappa shape index (κ2) is 4.37. The molecule has 1 aliphatic heterocycles. The second-order valence-electron chi connectivity index (χ2n) is 3.88. The van der Waals surface area contributed by atoms with Crippen molar-refractivity contribution in [3.8, 4) is 0 Å². The fourth-order valence-electron chi connectivity index (χ4n) is 2.24. The zero-order chi connectivity index (χ0) is 9.97. The first-order chi connectivity index (χ1) is 6.83. The van der Waals surface area contributed by atoms with Crippen LogP contribution in [0, 0.1) is 0 Å². The van der Waals surface area contributed by atoms with Gasteiger partial charge in [0.25, 0.3) is 0 Å². The summed E-state index contributed by atoms with van der Waals surface area (Å²) in [6, 6.07) is 9.44. The van der Waals surface area contributed by atoms with Crippen LogP contribution in [0.15, 0.2) is 29.2 Å². The third-order valence-corrected chi connectivity index (χ3v) is 3.83. The molecule has 2 heteroatoms. The van der Waals surface area contributed by atoms with E-state index in [9.17, 15) is 0 Å². The van der Waals surface area contributed by atoms with E-state index < -0.39 is 0 Å². The van der Waals surface area contributed by atoms with Crippen molar-refractivity contribution in [2.75, 3.05) is 19.8 Å². The van der Waals surface area contributed by atoms with Crippen molar-refractivity contribution in [2.45, 2.75) is 23.8 Å². The van der Waals surface area contributed by atoms with Gasteiger partial charge in [-0.05, 0) is 44.3 Å². The Hall–Kier alpha value is -0.470. The number of nitrogens with zero attached hydrogens (tertiary/aromatic N) is 1. The van der Waals surface area contributed by atoms with E-state index in [0.29, 0.717) is 6.04 Å². The summed E-state index contributed by atoms with van der Waals surface area (Å²) < 4.78 is 0. The molecule has 14 heavy (non-hydrogen) atoms. The molecule has 1 aliphatic rings. The van der Waals surface area contributed by atoms with Gasteiger partial charge >= 0.3 is 0 Å². The van der Waals surface area contributed by atoms with Crippen LogP contribution in [0.3, 0.4) is 0 Å². The Morgan fingerprint density at radius 1 is 1.36 bits per heavy atom. The van der Waals surface area contributed by atoms with Gasteiger partial charge in [-0.3, -0.25) is 4.90 Å². The van der Waals surface area contributed by atoms with Gasteiger partial charge in [-0.25, -0.2) is 0 Å². The molecular formula is C12H17NS. The fourth-order valence-corrected chi connectivity index (χ4v) is 2.90. The third-order valence-electron chi connectivity index (χ3n) is 3.02. The van der Waals surface area contributed by atoms with Gasteiger partial charge in [-0.1, -0.05) is 18.2 Å². The molecule has 0 radical (unpaired) electrons. The molecule has 1 aromatic carbocycles. The van der Waals surface area contributed by atoms with Gasteiger partial charge < -0.3 is 0 Å². The van der Waals surface area contributed by atoms with Crippen molar-refractivity contribution >= 4 is 11.8 Å². The molecule has 1 fully saturated rings. The summed E-state index contributed by atoms with van der Waals surface area (Å²) in [5.74, 6) is 0. The predicted molar refractivity (Wildman–Crippen MR) is 62.8 cm³/mol. The van der Waals surface area contributed by atoms with Crippen LogP contribution in [0.1, 0.15) is 24.4 Å². The fraction of sp³-hybridized carbons (Fsp3) is 0.500. The standard InChI is InChI=1S/C12H17NS/c1-13-9-5-7-11(13)10-6-3-4-8-12(10)14-2/h3-4,6,8,11H,5,7,9H2,1-2H3/t11-/m0/s1. The zero-order valence-corrected chi connectivity index (χ0v) is 9.68. The molecule has 0 N–H and O–H groups in total. The lowest BCUT2D eigenvalue weighted by Gasteiger charge is -2.21. The first kappa shape index (κ1) is 10.1. The van der Waals surface area contributed by atoms with Gasteiger partial charge in [-0.2, -0.15) is 0 Å². The van der Waals surface area contributed by atoms with Crippen LogP contribution < -0.4 is 0 Å². The number of hydrogen-bond donors (Lipinski definition) is 0. The number of likely N-dealkylation sites (tertiary alicyclic amines) is 1. The van der Waals surface area contributed by atoms with E-state index in [1.807, 2.05) is 11.8 Å². The molecule has 1 aromatic rings. The Morgan fingerprint density at radius 3 is 2.79 bits per heavy atom. The highest BCUT2D eigenvalue weighted by Crippen LogP contribution is 2.35. The summed E-state index contributed by atoms with van der Waals surface area (Å²) in [5.41, 5.74) is 1.51. The topological polar surface area (TPSA) is 3.24 Å². The highest BCUT2D eigenvalue weighted by atomic mass is 32.2. The largest absolute Gasteiger partial charge is 0.299 e. The number of rotatable bonds is 2. The molecule has 2 rings (SSSR count). The molecule has 1 nitrogen and oxygen atoms in total.